The van der Waals surface area contributed by atoms with Crippen LogP contribution in [0.4, 0.5) is 4.79 Å². The second kappa shape index (κ2) is 25.4. The minimum atomic E-state index is -2.90. The van der Waals surface area contributed by atoms with Gasteiger partial charge in [0.15, 0.2) is 5.96 Å². The minimum Gasteiger partial charge on any atom is -1.00 e. The smallest absolute Gasteiger partial charge is 0.437 e. The highest BCUT2D eigenvalue weighted by molar-refractivity contribution is 6.01. The molecule has 2 aliphatic heterocycles. The second-order valence-electron chi connectivity index (χ2n) is 14.4. The molecule has 0 radical (unpaired) electrons. The molecule has 0 saturated carbocycles. The summed E-state index contributed by atoms with van der Waals surface area (Å²) in [6.45, 7) is -0.00129. The van der Waals surface area contributed by atoms with Crippen LogP contribution in [-0.2, 0) is 40.0 Å². The number of hydrogen-bond donors (Lipinski definition) is 3. The molecule has 2 aliphatic rings. The Morgan fingerprint density at radius 2 is 1.33 bits per heavy atom. The molecule has 0 unspecified atom stereocenters. The summed E-state index contributed by atoms with van der Waals surface area (Å²) >= 11 is 0. The number of carbonyl (C=O) groups is 5. The molecule has 1 fully saturated rings. The number of cyclic esters (lactones) is 2. The number of likely N-dealkylation sites (N-methyl/N-ethyl adjacent to an activating group) is 2. The topological polar surface area (TPSA) is 180 Å². The van der Waals surface area contributed by atoms with Crippen LogP contribution in [0, 0.1) is 5.41 Å². The Kier molecular flexibility index (Phi) is 17.8. The number of guanidine groups is 2. The summed E-state index contributed by atoms with van der Waals surface area (Å²) in [5.41, 5.74) is -0.813. The number of allylic oxidation sites excluding steroid dienone is 2. The molecule has 55 heavy (non-hydrogen) atoms. The number of ether oxygens (including phenoxy) is 3. The fraction of sp³-hybridized carbons (Fsp3) is 0.634. The largest absolute Gasteiger partial charge is 1.00 e. The van der Waals surface area contributed by atoms with Crippen LogP contribution in [0.5, 0.6) is 0 Å². The van der Waals surface area contributed by atoms with Crippen molar-refractivity contribution in [2.24, 2.45) is 4.99 Å². The van der Waals surface area contributed by atoms with E-state index in [0.29, 0.717) is 47.5 Å². The Labute approximate surface area is 338 Å². The lowest BCUT2D eigenvalue weighted by Gasteiger charge is -2.27. The van der Waals surface area contributed by atoms with E-state index in [9.17, 15) is 24.0 Å². The maximum absolute atomic E-state index is 12.7. The zero-order valence-electron chi connectivity index (χ0n) is 39.2. The molecular weight excluding hydrogens is 704 g/mol. The molecule has 0 spiro atoms. The van der Waals surface area contributed by atoms with E-state index in [0.717, 1.165) is 44.9 Å². The molecule has 1 aromatic rings. The lowest BCUT2D eigenvalue weighted by Crippen LogP contribution is -2.46. The van der Waals surface area contributed by atoms with Crippen molar-refractivity contribution in [2.45, 2.75) is 143 Å². The molecule has 0 bridgehead atoms. The van der Waals surface area contributed by atoms with Gasteiger partial charge in [0, 0.05) is 35.0 Å². The molecular formula is C41H67N6O8-. The van der Waals surface area contributed by atoms with Gasteiger partial charge in [0.2, 0.25) is 17.8 Å². The van der Waals surface area contributed by atoms with Crippen LogP contribution in [0.1, 0.15) is 140 Å². The highest BCUT2D eigenvalue weighted by Gasteiger charge is 2.26. The lowest BCUT2D eigenvalue weighted by atomic mass is 9.99. The van der Waals surface area contributed by atoms with Gasteiger partial charge in [-0.2, -0.15) is 0 Å². The standard InChI is InChI=1S/C24H33N3O5.C16H29N3O3.CH4.H/c1-24(2)16-12-7-5-4-6-11-15-20(28)25-22(27(3)17-21(29)32-24)26-23(30)31-18-19-13-9-8-10-14-19;1-16(2)11-9-7-5-4-6-8-10-13(20)18-15(17)19(3)12-14(21)22-16;;/h4-5,8-10,13-14H,6-7,11-12,15-18H2,1-3H3,(H,25,26,28,30);4-12H2,1-3H3,(H2,17,18,20);1H4;/q;;;-1/b5-4+;;;/i2*3D3;;. The first-order valence-electron chi connectivity index (χ1n) is 21.6. The molecule has 1 saturated heterocycles. The Morgan fingerprint density at radius 3 is 1.96 bits per heavy atom. The first kappa shape index (κ1) is 38.5. The van der Waals surface area contributed by atoms with Gasteiger partial charge in [-0.25, -0.2) is 4.79 Å². The zero-order valence-corrected chi connectivity index (χ0v) is 32.2. The van der Waals surface area contributed by atoms with Gasteiger partial charge in [0.05, 0.1) is 0 Å². The van der Waals surface area contributed by atoms with Crippen LogP contribution >= 0.6 is 0 Å². The summed E-state index contributed by atoms with van der Waals surface area (Å²) in [6.07, 6.45) is 12.9. The molecule has 0 atom stereocenters. The fourth-order valence-electron chi connectivity index (χ4n) is 5.44. The van der Waals surface area contributed by atoms with Crippen LogP contribution in [-0.4, -0.2) is 89.8 Å². The van der Waals surface area contributed by atoms with Gasteiger partial charge >= 0.3 is 18.0 Å². The highest BCUT2D eigenvalue weighted by Crippen LogP contribution is 2.21. The van der Waals surface area contributed by atoms with Crippen LogP contribution in [0.15, 0.2) is 47.5 Å². The molecule has 14 nitrogen and oxygen atoms in total. The van der Waals surface area contributed by atoms with E-state index in [1.807, 2.05) is 18.2 Å². The Morgan fingerprint density at radius 1 is 0.800 bits per heavy atom. The normalized spacial score (nSPS) is 23.3. The Hall–Kier alpha value is -4.75. The summed E-state index contributed by atoms with van der Waals surface area (Å²) in [7, 11) is 0. The van der Waals surface area contributed by atoms with Crippen molar-refractivity contribution in [1.29, 1.82) is 5.41 Å². The maximum Gasteiger partial charge on any atom is 0.437 e. The van der Waals surface area contributed by atoms with Crippen LogP contribution in [0.2, 0.25) is 0 Å². The van der Waals surface area contributed by atoms with E-state index < -0.39 is 80.0 Å². The molecule has 14 heteroatoms. The highest BCUT2D eigenvalue weighted by atomic mass is 16.6. The number of amides is 3. The predicted octanol–water partition coefficient (Wildman–Crippen LogP) is 7.13. The lowest BCUT2D eigenvalue weighted by molar-refractivity contribution is -0.158. The third kappa shape index (κ3) is 22.3. The number of aliphatic imine (C=N–C) groups is 1. The Bertz CT molecular complexity index is 1650. The molecule has 2 heterocycles. The SMILES string of the molecule is C.[2H]C([2H])([2H])N1CC(=O)OC(C)(C)CCC/C=C/CCCC(=O)NC1=NC(=O)OCc1ccccc1.[2H]C([2H])([2H])N1CC(=O)OC(C)(C)CCCCCCCCC(=O)NC1=N.[H-]. The van der Waals surface area contributed by atoms with Crippen LogP contribution < -0.4 is 10.6 Å². The minimum absolute atomic E-state index is 0. The Balaban J connectivity index is 0.00000123. The van der Waals surface area contributed by atoms with Crippen molar-refractivity contribution in [3.05, 3.63) is 48.0 Å². The summed E-state index contributed by atoms with van der Waals surface area (Å²) in [4.78, 5) is 66.4. The van der Waals surface area contributed by atoms with Crippen LogP contribution in [0.25, 0.3) is 0 Å². The zero-order chi connectivity index (χ0) is 45.0. The van der Waals surface area contributed by atoms with Crippen molar-refractivity contribution in [2.75, 3.05) is 27.0 Å². The van der Waals surface area contributed by atoms with Crippen molar-refractivity contribution < 1.29 is 47.8 Å². The number of rotatable bonds is 2. The maximum atomic E-state index is 12.7. The molecule has 3 rings (SSSR count). The van der Waals surface area contributed by atoms with E-state index in [1.165, 1.54) is 0 Å². The number of nitrogens with zero attached hydrogens (tertiary/aromatic N) is 3. The van der Waals surface area contributed by atoms with Gasteiger partial charge in [-0.15, -0.1) is 4.99 Å². The van der Waals surface area contributed by atoms with E-state index in [-0.39, 0.29) is 28.3 Å². The summed E-state index contributed by atoms with van der Waals surface area (Å²) in [5, 5.41) is 12.5. The van der Waals surface area contributed by atoms with Gasteiger partial charge in [0.25, 0.3) is 0 Å². The molecule has 0 aliphatic carbocycles. The predicted molar refractivity (Wildman–Crippen MR) is 215 cm³/mol. The molecule has 1 aromatic carbocycles. The third-order valence-corrected chi connectivity index (χ3v) is 8.32. The summed E-state index contributed by atoms with van der Waals surface area (Å²) in [6, 6.07) is 8.85. The third-order valence-electron chi connectivity index (χ3n) is 8.32. The van der Waals surface area contributed by atoms with Crippen molar-refractivity contribution in [1.82, 2.24) is 20.4 Å². The van der Waals surface area contributed by atoms with Gasteiger partial charge < -0.3 is 25.4 Å². The van der Waals surface area contributed by atoms with Crippen molar-refractivity contribution >= 4 is 41.8 Å². The fourth-order valence-corrected chi connectivity index (χ4v) is 5.44. The van der Waals surface area contributed by atoms with E-state index in [4.69, 9.17) is 27.8 Å². The number of nitrogens with one attached hydrogen (secondary N) is 3. The van der Waals surface area contributed by atoms with Crippen molar-refractivity contribution in [3.63, 3.8) is 0 Å². The first-order chi connectivity index (χ1) is 28.0. The second-order valence-corrected chi connectivity index (χ2v) is 14.4. The number of esters is 2. The average Bonchev–Trinajstić information content (AvgIpc) is 3.12. The molecule has 3 N–H and O–H groups in total. The average molecular weight is 778 g/mol. The number of benzene rings is 1. The summed E-state index contributed by atoms with van der Waals surface area (Å²) < 4.78 is 62.2. The van der Waals surface area contributed by atoms with Crippen molar-refractivity contribution in [3.8, 4) is 0 Å². The number of carbonyl (C=O) groups excluding carboxylic acids is 5. The van der Waals surface area contributed by atoms with Crippen LogP contribution in [0.3, 0.4) is 0 Å². The van der Waals surface area contributed by atoms with Gasteiger partial charge in [-0.1, -0.05) is 75.6 Å². The quantitative estimate of drug-likeness (QED) is 0.159. The van der Waals surface area contributed by atoms with E-state index in [1.54, 1.807) is 52.0 Å². The van der Waals surface area contributed by atoms with Gasteiger partial charge in [-0.05, 0) is 84.6 Å². The van der Waals surface area contributed by atoms with E-state index >= 15 is 0 Å². The van der Waals surface area contributed by atoms with Gasteiger partial charge in [-0.3, -0.25) is 35.2 Å². The van der Waals surface area contributed by atoms with E-state index in [2.05, 4.69) is 15.6 Å². The number of hydrogen-bond acceptors (Lipinski definition) is 9. The molecule has 0 aromatic heterocycles. The summed E-state index contributed by atoms with van der Waals surface area (Å²) in [5.74, 6) is -3.71. The molecule has 3 amide bonds. The molecule has 310 valence electrons. The monoisotopic (exact) mass is 778 g/mol. The van der Waals surface area contributed by atoms with Gasteiger partial charge in [0.1, 0.15) is 30.9 Å². The first-order valence-corrected chi connectivity index (χ1v) is 18.6.